The normalized spacial score (nSPS) is 26.1. The molecule has 0 spiro atoms. The first-order valence-electron chi connectivity index (χ1n) is 9.53. The van der Waals surface area contributed by atoms with Gasteiger partial charge in [0.15, 0.2) is 0 Å². The zero-order valence-electron chi connectivity index (χ0n) is 14.9. The summed E-state index contributed by atoms with van der Waals surface area (Å²) >= 11 is 0. The van der Waals surface area contributed by atoms with Crippen LogP contribution in [-0.2, 0) is 0 Å². The highest BCUT2D eigenvalue weighted by Crippen LogP contribution is 2.44. The number of rotatable bonds is 2. The number of pyridine rings is 1. The Labute approximate surface area is 150 Å². The maximum Gasteiger partial charge on any atom is 0.255 e. The number of fused-ring (bicyclic) bond motifs is 1. The SMILES string of the molecule is Cc1ncccc1C(=O)N1CC[C@H](c2ccccc2)[C@H]2CCCC[C@H]21. The van der Waals surface area contributed by atoms with Crippen molar-refractivity contribution in [2.75, 3.05) is 6.54 Å². The zero-order chi connectivity index (χ0) is 17.2. The third-order valence-electron chi connectivity index (χ3n) is 6.11. The standard InChI is InChI=1S/C22H26N2O/c1-16-18(11-7-14-23-16)22(25)24-15-13-19(17-8-3-2-4-9-17)20-10-5-6-12-21(20)24/h2-4,7-9,11,14,19-21H,5-6,10,12-13,15H2,1H3/t19-,20-,21-/m1/s1. The van der Waals surface area contributed by atoms with Crippen molar-refractivity contribution in [3.8, 4) is 0 Å². The van der Waals surface area contributed by atoms with Gasteiger partial charge in [-0.3, -0.25) is 9.78 Å². The quantitative estimate of drug-likeness (QED) is 0.805. The van der Waals surface area contributed by atoms with E-state index in [4.69, 9.17) is 0 Å². The van der Waals surface area contributed by atoms with Crippen molar-refractivity contribution in [1.29, 1.82) is 0 Å². The number of aryl methyl sites for hydroxylation is 1. The molecule has 1 saturated carbocycles. The molecule has 3 nitrogen and oxygen atoms in total. The first kappa shape index (κ1) is 16.3. The second-order valence-electron chi connectivity index (χ2n) is 7.46. The van der Waals surface area contributed by atoms with Crippen molar-refractivity contribution >= 4 is 5.91 Å². The third-order valence-corrected chi connectivity index (χ3v) is 6.11. The largest absolute Gasteiger partial charge is 0.335 e. The van der Waals surface area contributed by atoms with E-state index in [1.807, 2.05) is 19.1 Å². The number of hydrogen-bond acceptors (Lipinski definition) is 2. The molecule has 3 atom stereocenters. The summed E-state index contributed by atoms with van der Waals surface area (Å²) in [6, 6.07) is 15.1. The molecule has 2 heterocycles. The van der Waals surface area contributed by atoms with Crippen molar-refractivity contribution in [2.24, 2.45) is 5.92 Å². The van der Waals surface area contributed by atoms with Crippen LogP contribution in [0.5, 0.6) is 0 Å². The van der Waals surface area contributed by atoms with Crippen molar-refractivity contribution in [3.05, 3.63) is 65.5 Å². The summed E-state index contributed by atoms with van der Waals surface area (Å²) in [6.07, 6.45) is 7.73. The summed E-state index contributed by atoms with van der Waals surface area (Å²) in [4.78, 5) is 19.7. The molecule has 1 saturated heterocycles. The number of benzene rings is 1. The Hall–Kier alpha value is -2.16. The molecule has 1 aromatic heterocycles. The van der Waals surface area contributed by atoms with Crippen molar-refractivity contribution in [1.82, 2.24) is 9.88 Å². The van der Waals surface area contributed by atoms with Crippen molar-refractivity contribution < 1.29 is 4.79 Å². The molecule has 3 heteroatoms. The van der Waals surface area contributed by atoms with Crippen molar-refractivity contribution in [3.63, 3.8) is 0 Å². The highest BCUT2D eigenvalue weighted by Gasteiger charge is 2.42. The van der Waals surface area contributed by atoms with Crippen LogP contribution in [0.1, 0.15) is 59.6 Å². The lowest BCUT2D eigenvalue weighted by Gasteiger charge is -2.48. The van der Waals surface area contributed by atoms with E-state index in [1.54, 1.807) is 6.20 Å². The number of nitrogens with zero attached hydrogens (tertiary/aromatic N) is 2. The van der Waals surface area contributed by atoms with E-state index < -0.39 is 0 Å². The third kappa shape index (κ3) is 3.08. The first-order valence-corrected chi connectivity index (χ1v) is 9.53. The minimum absolute atomic E-state index is 0.175. The molecule has 130 valence electrons. The number of aromatic nitrogens is 1. The van der Waals surface area contributed by atoms with E-state index in [9.17, 15) is 4.79 Å². The van der Waals surface area contributed by atoms with Gasteiger partial charge in [-0.25, -0.2) is 0 Å². The van der Waals surface area contributed by atoms with Crippen LogP contribution in [0.4, 0.5) is 0 Å². The second kappa shape index (κ2) is 6.99. The molecule has 2 aliphatic rings. The van der Waals surface area contributed by atoms with Gasteiger partial charge in [0.2, 0.25) is 0 Å². The highest BCUT2D eigenvalue weighted by molar-refractivity contribution is 5.95. The predicted molar refractivity (Wildman–Crippen MR) is 99.6 cm³/mol. The van der Waals surface area contributed by atoms with Crippen LogP contribution in [0, 0.1) is 12.8 Å². The molecular formula is C22H26N2O. The minimum atomic E-state index is 0.175. The lowest BCUT2D eigenvalue weighted by atomic mass is 9.69. The molecule has 2 aromatic rings. The maximum atomic E-state index is 13.2. The van der Waals surface area contributed by atoms with E-state index in [1.165, 1.54) is 24.8 Å². The zero-order valence-corrected chi connectivity index (χ0v) is 14.9. The second-order valence-corrected chi connectivity index (χ2v) is 7.46. The summed E-state index contributed by atoms with van der Waals surface area (Å²) in [5.41, 5.74) is 3.05. The van der Waals surface area contributed by atoms with Gasteiger partial charge in [0.25, 0.3) is 5.91 Å². The molecule has 2 fully saturated rings. The van der Waals surface area contributed by atoms with E-state index in [0.29, 0.717) is 17.9 Å². The van der Waals surface area contributed by atoms with E-state index in [0.717, 1.165) is 30.6 Å². The molecule has 0 bridgehead atoms. The van der Waals surface area contributed by atoms with Crippen LogP contribution < -0.4 is 0 Å². The number of amides is 1. The summed E-state index contributed by atoms with van der Waals surface area (Å²) in [5.74, 6) is 1.35. The van der Waals surface area contributed by atoms with Gasteiger partial charge >= 0.3 is 0 Å². The van der Waals surface area contributed by atoms with Crippen molar-refractivity contribution in [2.45, 2.75) is 51.0 Å². The van der Waals surface area contributed by atoms with E-state index in [2.05, 4.69) is 40.2 Å². The van der Waals surface area contributed by atoms with E-state index >= 15 is 0 Å². The first-order chi connectivity index (χ1) is 12.3. The van der Waals surface area contributed by atoms with Crippen LogP contribution >= 0.6 is 0 Å². The molecule has 4 rings (SSSR count). The molecule has 25 heavy (non-hydrogen) atoms. The molecule has 1 amide bonds. The lowest BCUT2D eigenvalue weighted by Crippen LogP contribution is -2.52. The molecule has 1 aliphatic carbocycles. The Bertz CT molecular complexity index is 743. The number of carbonyl (C=O) groups is 1. The smallest absolute Gasteiger partial charge is 0.255 e. The number of carbonyl (C=O) groups excluding carboxylic acids is 1. The monoisotopic (exact) mass is 334 g/mol. The van der Waals surface area contributed by atoms with Gasteiger partial charge in [0.1, 0.15) is 0 Å². The van der Waals surface area contributed by atoms with Gasteiger partial charge in [-0.1, -0.05) is 43.2 Å². The van der Waals surface area contributed by atoms with Gasteiger partial charge in [0, 0.05) is 24.5 Å². The minimum Gasteiger partial charge on any atom is -0.335 e. The molecule has 0 N–H and O–H groups in total. The Morgan fingerprint density at radius 2 is 1.84 bits per heavy atom. The average molecular weight is 334 g/mol. The number of piperidine rings is 1. The van der Waals surface area contributed by atoms with Gasteiger partial charge in [-0.2, -0.15) is 0 Å². The van der Waals surface area contributed by atoms with Crippen LogP contribution in [0.15, 0.2) is 48.7 Å². The molecule has 0 radical (unpaired) electrons. The fourth-order valence-corrected chi connectivity index (χ4v) is 4.89. The topological polar surface area (TPSA) is 33.2 Å². The molecule has 1 aliphatic heterocycles. The van der Waals surface area contributed by atoms with Gasteiger partial charge in [-0.15, -0.1) is 0 Å². The van der Waals surface area contributed by atoms with Crippen LogP contribution in [-0.4, -0.2) is 28.4 Å². The molecular weight excluding hydrogens is 308 g/mol. The predicted octanol–water partition coefficient (Wildman–Crippen LogP) is 4.58. The maximum absolute atomic E-state index is 13.2. The van der Waals surface area contributed by atoms with Gasteiger partial charge < -0.3 is 4.90 Å². The lowest BCUT2D eigenvalue weighted by molar-refractivity contribution is 0.0318. The molecule has 0 unspecified atom stereocenters. The summed E-state index contributed by atoms with van der Waals surface area (Å²) in [5, 5.41) is 0. The Morgan fingerprint density at radius 3 is 2.64 bits per heavy atom. The van der Waals surface area contributed by atoms with Gasteiger partial charge in [-0.05, 0) is 55.7 Å². The Morgan fingerprint density at radius 1 is 1.04 bits per heavy atom. The van der Waals surface area contributed by atoms with Crippen LogP contribution in [0.25, 0.3) is 0 Å². The van der Waals surface area contributed by atoms with E-state index in [-0.39, 0.29) is 5.91 Å². The summed E-state index contributed by atoms with van der Waals surface area (Å²) in [7, 11) is 0. The van der Waals surface area contributed by atoms with Crippen LogP contribution in [0.3, 0.4) is 0 Å². The fourth-order valence-electron chi connectivity index (χ4n) is 4.89. The number of hydrogen-bond donors (Lipinski definition) is 0. The summed E-state index contributed by atoms with van der Waals surface area (Å²) in [6.45, 7) is 2.79. The fraction of sp³-hybridized carbons (Fsp3) is 0.455. The Balaban J connectivity index is 1.62. The molecule has 1 aromatic carbocycles. The average Bonchev–Trinajstić information content (AvgIpc) is 2.68. The highest BCUT2D eigenvalue weighted by atomic mass is 16.2. The number of likely N-dealkylation sites (tertiary alicyclic amines) is 1. The van der Waals surface area contributed by atoms with Crippen LogP contribution in [0.2, 0.25) is 0 Å². The summed E-state index contributed by atoms with van der Waals surface area (Å²) < 4.78 is 0. The van der Waals surface area contributed by atoms with Gasteiger partial charge in [0.05, 0.1) is 5.56 Å². The Kier molecular flexibility index (Phi) is 4.56.